The smallest absolute Gasteiger partial charge is 0.481 e. The topological polar surface area (TPSA) is 53.0 Å². The molecule has 0 aromatic heterocycles. The first-order valence-electron chi connectivity index (χ1n) is 9.66. The first kappa shape index (κ1) is 20.9. The van der Waals surface area contributed by atoms with Gasteiger partial charge in [-0.25, -0.2) is 4.31 Å². The van der Waals surface area contributed by atoms with Crippen LogP contribution in [0.5, 0.6) is 5.75 Å². The summed E-state index contributed by atoms with van der Waals surface area (Å²) in [6.07, 6.45) is -3.53. The van der Waals surface area contributed by atoms with Gasteiger partial charge in [-0.05, 0) is 66.2 Å². The highest BCUT2D eigenvalue weighted by atomic mass is 32.2. The maximum Gasteiger partial charge on any atom is 0.573 e. The molecule has 0 amide bonds. The van der Waals surface area contributed by atoms with E-state index in [1.54, 1.807) is 24.1 Å². The average Bonchev–Trinajstić information content (AvgIpc) is 3.14. The minimum absolute atomic E-state index is 0.224. The largest absolute Gasteiger partial charge is 0.573 e. The minimum atomic E-state index is -4.69. The van der Waals surface area contributed by atoms with Gasteiger partial charge in [-0.15, -0.1) is 13.2 Å². The van der Waals surface area contributed by atoms with Crippen LogP contribution in [0.1, 0.15) is 11.1 Å². The number of alkyl halides is 3. The fourth-order valence-electron chi connectivity index (χ4n) is 3.91. The number of benzene rings is 2. The van der Waals surface area contributed by atoms with Crippen molar-refractivity contribution in [2.45, 2.75) is 24.1 Å². The first-order chi connectivity index (χ1) is 14.3. The number of fused-ring (bicyclic) bond motifs is 1. The standard InChI is InChI=1S/C21H21F3N2O3S/c22-21(23,24)29-17-6-4-16(5-7-17)25-8-10-26(11-9-25)30-19-3-1-2-14-12-15(20(27)28)13-18(14)19/h1-7,15H,8-13H2,(H,27,28). The number of carboxylic acid groups (broad SMARTS) is 1. The Morgan fingerprint density at radius 3 is 2.37 bits per heavy atom. The Kier molecular flexibility index (Phi) is 5.84. The summed E-state index contributed by atoms with van der Waals surface area (Å²) in [5, 5.41) is 9.32. The molecule has 1 heterocycles. The molecule has 1 N–H and O–H groups in total. The zero-order valence-corrected chi connectivity index (χ0v) is 16.9. The van der Waals surface area contributed by atoms with E-state index >= 15 is 0 Å². The Bertz CT molecular complexity index is 913. The monoisotopic (exact) mass is 438 g/mol. The van der Waals surface area contributed by atoms with Crippen molar-refractivity contribution in [2.75, 3.05) is 31.1 Å². The molecule has 1 aliphatic carbocycles. The summed E-state index contributed by atoms with van der Waals surface area (Å²) in [6.45, 7) is 3.08. The van der Waals surface area contributed by atoms with Gasteiger partial charge in [0.05, 0.1) is 5.92 Å². The maximum atomic E-state index is 12.3. The van der Waals surface area contributed by atoms with Crippen LogP contribution in [0.15, 0.2) is 47.4 Å². The quantitative estimate of drug-likeness (QED) is 0.706. The molecule has 1 saturated heterocycles. The van der Waals surface area contributed by atoms with Crippen LogP contribution in [0, 0.1) is 5.92 Å². The fourth-order valence-corrected chi connectivity index (χ4v) is 5.00. The van der Waals surface area contributed by atoms with E-state index in [1.165, 1.54) is 12.1 Å². The molecular weight excluding hydrogens is 417 g/mol. The van der Waals surface area contributed by atoms with E-state index in [-0.39, 0.29) is 11.7 Å². The molecule has 2 aromatic carbocycles. The van der Waals surface area contributed by atoms with Gasteiger partial charge in [0.15, 0.2) is 0 Å². The van der Waals surface area contributed by atoms with E-state index in [9.17, 15) is 23.1 Å². The lowest BCUT2D eigenvalue weighted by Gasteiger charge is -2.35. The van der Waals surface area contributed by atoms with Crippen LogP contribution < -0.4 is 9.64 Å². The van der Waals surface area contributed by atoms with Crippen molar-refractivity contribution in [1.29, 1.82) is 0 Å². The summed E-state index contributed by atoms with van der Waals surface area (Å²) in [5.41, 5.74) is 3.11. The molecule has 1 unspecified atom stereocenters. The number of hydrogen-bond acceptors (Lipinski definition) is 5. The van der Waals surface area contributed by atoms with Crippen molar-refractivity contribution >= 4 is 23.6 Å². The van der Waals surface area contributed by atoms with Crippen LogP contribution in [-0.4, -0.2) is 47.9 Å². The lowest BCUT2D eigenvalue weighted by molar-refractivity contribution is -0.274. The molecule has 160 valence electrons. The predicted octanol–water partition coefficient (Wildman–Crippen LogP) is 4.21. The van der Waals surface area contributed by atoms with Gasteiger partial charge in [-0.2, -0.15) is 0 Å². The molecular formula is C21H21F3N2O3S. The lowest BCUT2D eigenvalue weighted by Crippen LogP contribution is -2.43. The van der Waals surface area contributed by atoms with E-state index in [0.29, 0.717) is 12.8 Å². The third-order valence-electron chi connectivity index (χ3n) is 5.40. The van der Waals surface area contributed by atoms with E-state index < -0.39 is 12.3 Å². The van der Waals surface area contributed by atoms with Gasteiger partial charge in [-0.3, -0.25) is 4.79 Å². The third kappa shape index (κ3) is 4.84. The number of ether oxygens (including phenoxy) is 1. The summed E-state index contributed by atoms with van der Waals surface area (Å²) in [5.74, 6) is -1.32. The average molecular weight is 438 g/mol. The number of hydrogen-bond donors (Lipinski definition) is 1. The number of anilines is 1. The SMILES string of the molecule is O=C(O)C1Cc2cccc(SN3CCN(c4ccc(OC(F)(F)F)cc4)CC3)c2C1. The number of piperazine rings is 1. The van der Waals surface area contributed by atoms with Gasteiger partial charge in [0.1, 0.15) is 5.75 Å². The third-order valence-corrected chi connectivity index (χ3v) is 6.60. The molecule has 30 heavy (non-hydrogen) atoms. The highest BCUT2D eigenvalue weighted by Gasteiger charge is 2.31. The Morgan fingerprint density at radius 1 is 1.03 bits per heavy atom. The van der Waals surface area contributed by atoms with Crippen LogP contribution in [0.25, 0.3) is 0 Å². The number of halogens is 3. The van der Waals surface area contributed by atoms with Gasteiger partial charge in [0.25, 0.3) is 0 Å². The Hall–Kier alpha value is -2.39. The molecule has 5 nitrogen and oxygen atoms in total. The van der Waals surface area contributed by atoms with E-state index in [2.05, 4.69) is 13.9 Å². The van der Waals surface area contributed by atoms with Gasteiger partial charge in [0.2, 0.25) is 0 Å². The molecule has 9 heteroatoms. The second kappa shape index (κ2) is 8.39. The molecule has 0 bridgehead atoms. The minimum Gasteiger partial charge on any atom is -0.481 e. The van der Waals surface area contributed by atoms with E-state index in [1.807, 2.05) is 18.2 Å². The van der Waals surface area contributed by atoms with Gasteiger partial charge >= 0.3 is 12.3 Å². The summed E-state index contributed by atoms with van der Waals surface area (Å²) < 4.78 is 43.0. The van der Waals surface area contributed by atoms with E-state index in [4.69, 9.17) is 0 Å². The lowest BCUT2D eigenvalue weighted by atomic mass is 10.1. The van der Waals surface area contributed by atoms with Crippen molar-refractivity contribution in [3.8, 4) is 5.75 Å². The first-order valence-corrected chi connectivity index (χ1v) is 10.4. The van der Waals surface area contributed by atoms with E-state index in [0.717, 1.165) is 47.9 Å². The zero-order valence-electron chi connectivity index (χ0n) is 16.1. The predicted molar refractivity (Wildman–Crippen MR) is 108 cm³/mol. The summed E-state index contributed by atoms with van der Waals surface area (Å²) in [7, 11) is 0. The molecule has 0 spiro atoms. The Balaban J connectivity index is 1.34. The summed E-state index contributed by atoms with van der Waals surface area (Å²) in [6, 6.07) is 12.0. The molecule has 1 aliphatic heterocycles. The highest BCUT2D eigenvalue weighted by molar-refractivity contribution is 7.97. The van der Waals surface area contributed by atoms with Crippen molar-refractivity contribution < 1.29 is 27.8 Å². The summed E-state index contributed by atoms with van der Waals surface area (Å²) in [4.78, 5) is 14.6. The Labute approximate surface area is 176 Å². The number of nitrogens with zero attached hydrogens (tertiary/aromatic N) is 2. The van der Waals surface area contributed by atoms with Crippen molar-refractivity contribution in [1.82, 2.24) is 4.31 Å². The Morgan fingerprint density at radius 2 is 1.73 bits per heavy atom. The van der Waals surface area contributed by atoms with Crippen LogP contribution >= 0.6 is 11.9 Å². The highest BCUT2D eigenvalue weighted by Crippen LogP contribution is 2.36. The van der Waals surface area contributed by atoms with Crippen molar-refractivity contribution in [3.05, 3.63) is 53.6 Å². The van der Waals surface area contributed by atoms with Crippen molar-refractivity contribution in [3.63, 3.8) is 0 Å². The fraction of sp³-hybridized carbons (Fsp3) is 0.381. The number of carbonyl (C=O) groups is 1. The molecule has 0 radical (unpaired) electrons. The second-order valence-electron chi connectivity index (χ2n) is 7.39. The van der Waals surface area contributed by atoms with Crippen LogP contribution in [0.3, 0.4) is 0 Å². The second-order valence-corrected chi connectivity index (χ2v) is 8.53. The molecule has 0 saturated carbocycles. The number of aliphatic carboxylic acids is 1. The maximum absolute atomic E-state index is 12.3. The molecule has 1 fully saturated rings. The summed E-state index contributed by atoms with van der Waals surface area (Å²) >= 11 is 1.66. The van der Waals surface area contributed by atoms with Crippen molar-refractivity contribution in [2.24, 2.45) is 5.92 Å². The molecule has 2 aromatic rings. The molecule has 2 aliphatic rings. The van der Waals surface area contributed by atoms with Gasteiger partial charge in [0, 0.05) is 36.8 Å². The number of carboxylic acids is 1. The normalized spacial score (nSPS) is 19.6. The van der Waals surface area contributed by atoms with Gasteiger partial charge < -0.3 is 14.7 Å². The number of rotatable bonds is 5. The zero-order chi connectivity index (χ0) is 21.3. The van der Waals surface area contributed by atoms with Gasteiger partial charge in [-0.1, -0.05) is 12.1 Å². The molecule has 4 rings (SSSR count). The molecule has 1 atom stereocenters. The van der Waals surface area contributed by atoms with Crippen LogP contribution in [-0.2, 0) is 17.6 Å². The van der Waals surface area contributed by atoms with Crippen LogP contribution in [0.2, 0.25) is 0 Å². The van der Waals surface area contributed by atoms with Crippen LogP contribution in [0.4, 0.5) is 18.9 Å².